The number of benzene rings is 1. The van der Waals surface area contributed by atoms with Crippen LogP contribution in [-0.4, -0.2) is 26.1 Å². The van der Waals surface area contributed by atoms with Gasteiger partial charge in [0.05, 0.1) is 6.61 Å². The Morgan fingerprint density at radius 2 is 1.89 bits per heavy atom. The van der Waals surface area contributed by atoms with E-state index in [0.29, 0.717) is 29.9 Å². The molecule has 1 atom stereocenters. The summed E-state index contributed by atoms with van der Waals surface area (Å²) in [5, 5.41) is 1.17. The molecule has 0 bridgehead atoms. The summed E-state index contributed by atoms with van der Waals surface area (Å²) in [6.07, 6.45) is -0.439. The van der Waals surface area contributed by atoms with Crippen molar-refractivity contribution in [2.45, 2.75) is 25.7 Å². The molecule has 0 N–H and O–H groups in total. The number of halogens is 2. The molecule has 1 aromatic rings. The Morgan fingerprint density at radius 3 is 2.33 bits per heavy atom. The van der Waals surface area contributed by atoms with E-state index in [4.69, 9.17) is 37.4 Å². The number of rotatable bonds is 6. The lowest BCUT2D eigenvalue weighted by Gasteiger charge is -2.24. The van der Waals surface area contributed by atoms with Crippen LogP contribution >= 0.6 is 23.2 Å². The summed E-state index contributed by atoms with van der Waals surface area (Å²) in [7, 11) is 0. The van der Waals surface area contributed by atoms with Crippen molar-refractivity contribution in [1.82, 2.24) is 0 Å². The molecule has 5 heteroatoms. The molecular formula is C13H16Cl2O3. The van der Waals surface area contributed by atoms with Crippen LogP contribution in [0.4, 0.5) is 0 Å². The van der Waals surface area contributed by atoms with Crippen LogP contribution in [0.1, 0.15) is 19.4 Å². The van der Waals surface area contributed by atoms with Gasteiger partial charge in [0.1, 0.15) is 0 Å². The quantitative estimate of drug-likeness (QED) is 0.592. The average Bonchev–Trinajstić information content (AvgIpc) is 3.10. The van der Waals surface area contributed by atoms with Gasteiger partial charge >= 0.3 is 0 Å². The zero-order valence-electron chi connectivity index (χ0n) is 10.4. The van der Waals surface area contributed by atoms with Gasteiger partial charge in [0.2, 0.25) is 0 Å². The first-order valence-corrected chi connectivity index (χ1v) is 6.72. The third kappa shape index (κ3) is 2.65. The highest BCUT2D eigenvalue weighted by Crippen LogP contribution is 2.47. The summed E-state index contributed by atoms with van der Waals surface area (Å²) in [4.78, 5) is 0. The number of epoxide rings is 1. The summed E-state index contributed by atoms with van der Waals surface area (Å²) >= 11 is 12.1. The third-order valence-electron chi connectivity index (χ3n) is 2.86. The monoisotopic (exact) mass is 290 g/mol. The van der Waals surface area contributed by atoms with E-state index in [0.717, 1.165) is 5.56 Å². The van der Waals surface area contributed by atoms with Crippen LogP contribution in [0, 0.1) is 0 Å². The van der Waals surface area contributed by atoms with Crippen molar-refractivity contribution < 1.29 is 14.2 Å². The highest BCUT2D eigenvalue weighted by atomic mass is 35.5. The first kappa shape index (κ1) is 14.1. The van der Waals surface area contributed by atoms with Crippen molar-refractivity contribution in [1.29, 1.82) is 0 Å². The first-order valence-electron chi connectivity index (χ1n) is 5.96. The summed E-state index contributed by atoms with van der Waals surface area (Å²) in [5.41, 5.74) is 0.272. The predicted octanol–water partition coefficient (Wildman–Crippen LogP) is 3.62. The average molecular weight is 291 g/mol. The molecule has 0 aromatic heterocycles. The number of hydrogen-bond donors (Lipinski definition) is 0. The van der Waals surface area contributed by atoms with Gasteiger partial charge in [0.25, 0.3) is 0 Å². The fourth-order valence-electron chi connectivity index (χ4n) is 1.95. The zero-order valence-corrected chi connectivity index (χ0v) is 11.9. The van der Waals surface area contributed by atoms with Gasteiger partial charge in [-0.1, -0.05) is 29.3 Å². The van der Waals surface area contributed by atoms with Crippen LogP contribution in [0.2, 0.25) is 10.0 Å². The predicted molar refractivity (Wildman–Crippen MR) is 71.1 cm³/mol. The van der Waals surface area contributed by atoms with Crippen LogP contribution in [0.15, 0.2) is 18.2 Å². The highest BCUT2D eigenvalue weighted by Gasteiger charge is 2.56. The molecule has 1 saturated heterocycles. The second kappa shape index (κ2) is 5.76. The van der Waals surface area contributed by atoms with Crippen LogP contribution in [0.25, 0.3) is 0 Å². The molecule has 1 aliphatic rings. The molecule has 1 aliphatic heterocycles. The second-order valence-electron chi connectivity index (χ2n) is 4.04. The molecule has 1 heterocycles. The summed E-state index contributed by atoms with van der Waals surface area (Å²) < 4.78 is 16.8. The lowest BCUT2D eigenvalue weighted by Crippen LogP contribution is -2.33. The number of hydrogen-bond acceptors (Lipinski definition) is 3. The van der Waals surface area contributed by atoms with Crippen LogP contribution in [-0.2, 0) is 19.8 Å². The van der Waals surface area contributed by atoms with Crippen molar-refractivity contribution in [3.63, 3.8) is 0 Å². The van der Waals surface area contributed by atoms with Crippen molar-refractivity contribution in [2.75, 3.05) is 19.8 Å². The van der Waals surface area contributed by atoms with Crippen LogP contribution < -0.4 is 0 Å². The van der Waals surface area contributed by atoms with Gasteiger partial charge in [-0.05, 0) is 26.0 Å². The summed E-state index contributed by atoms with van der Waals surface area (Å²) in [5.74, 6) is 0. The molecule has 3 nitrogen and oxygen atoms in total. The van der Waals surface area contributed by atoms with Gasteiger partial charge in [-0.25, -0.2) is 0 Å². The maximum atomic E-state index is 6.22. The topological polar surface area (TPSA) is 31.0 Å². The molecule has 1 unspecified atom stereocenters. The van der Waals surface area contributed by atoms with Gasteiger partial charge in [0.15, 0.2) is 11.9 Å². The SMILES string of the molecule is CCOC(OCC)C1(c2ccc(Cl)cc2Cl)CO1. The van der Waals surface area contributed by atoms with E-state index in [-0.39, 0.29) is 0 Å². The molecule has 18 heavy (non-hydrogen) atoms. The molecule has 1 fully saturated rings. The largest absolute Gasteiger partial charge is 0.359 e. The highest BCUT2D eigenvalue weighted by molar-refractivity contribution is 6.35. The lowest BCUT2D eigenvalue weighted by molar-refractivity contribution is -0.176. The molecule has 0 aliphatic carbocycles. The Balaban J connectivity index is 2.28. The minimum absolute atomic E-state index is 0.439. The van der Waals surface area contributed by atoms with E-state index in [2.05, 4.69) is 0 Å². The Kier molecular flexibility index (Phi) is 4.51. The van der Waals surface area contributed by atoms with Gasteiger partial charge in [-0.3, -0.25) is 0 Å². The smallest absolute Gasteiger partial charge is 0.193 e. The molecule has 0 saturated carbocycles. The van der Waals surface area contributed by atoms with E-state index in [1.165, 1.54) is 0 Å². The number of ether oxygens (including phenoxy) is 3. The van der Waals surface area contributed by atoms with Gasteiger partial charge in [-0.15, -0.1) is 0 Å². The Labute approximate surface area is 117 Å². The van der Waals surface area contributed by atoms with E-state index >= 15 is 0 Å². The second-order valence-corrected chi connectivity index (χ2v) is 4.89. The molecule has 2 rings (SSSR count). The van der Waals surface area contributed by atoms with Crippen molar-refractivity contribution in [2.24, 2.45) is 0 Å². The molecular weight excluding hydrogens is 275 g/mol. The zero-order chi connectivity index (χ0) is 13.2. The van der Waals surface area contributed by atoms with Gasteiger partial charge in [0, 0.05) is 28.8 Å². The van der Waals surface area contributed by atoms with Gasteiger partial charge in [-0.2, -0.15) is 0 Å². The maximum Gasteiger partial charge on any atom is 0.193 e. The minimum Gasteiger partial charge on any atom is -0.359 e. The third-order valence-corrected chi connectivity index (χ3v) is 3.41. The Morgan fingerprint density at radius 1 is 1.28 bits per heavy atom. The first-order chi connectivity index (χ1) is 8.64. The van der Waals surface area contributed by atoms with E-state index in [1.807, 2.05) is 19.9 Å². The van der Waals surface area contributed by atoms with E-state index in [9.17, 15) is 0 Å². The molecule has 0 amide bonds. The van der Waals surface area contributed by atoms with Crippen molar-refractivity contribution in [3.8, 4) is 0 Å². The Hall–Kier alpha value is -0.320. The van der Waals surface area contributed by atoms with E-state index in [1.54, 1.807) is 12.1 Å². The normalized spacial score (nSPS) is 22.5. The fraction of sp³-hybridized carbons (Fsp3) is 0.538. The maximum absolute atomic E-state index is 6.22. The van der Waals surface area contributed by atoms with Crippen LogP contribution in [0.3, 0.4) is 0 Å². The van der Waals surface area contributed by atoms with Crippen molar-refractivity contribution >= 4 is 23.2 Å². The lowest BCUT2D eigenvalue weighted by atomic mass is 9.99. The van der Waals surface area contributed by atoms with Crippen molar-refractivity contribution in [3.05, 3.63) is 33.8 Å². The molecule has 0 spiro atoms. The minimum atomic E-state index is -0.590. The van der Waals surface area contributed by atoms with Gasteiger partial charge < -0.3 is 14.2 Å². The fourth-order valence-corrected chi connectivity index (χ4v) is 2.52. The van der Waals surface area contributed by atoms with E-state index < -0.39 is 11.9 Å². The summed E-state index contributed by atoms with van der Waals surface area (Å²) in [6, 6.07) is 5.36. The van der Waals surface area contributed by atoms with Crippen LogP contribution in [0.5, 0.6) is 0 Å². The molecule has 0 radical (unpaired) electrons. The molecule has 100 valence electrons. The summed E-state index contributed by atoms with van der Waals surface area (Å²) in [6.45, 7) is 5.50. The molecule has 1 aromatic carbocycles. The Bertz CT molecular complexity index is 413. The standard InChI is InChI=1S/C13H16Cl2O3/c1-3-16-12(17-4-2)13(8-18-13)10-6-5-9(14)7-11(10)15/h5-7,12H,3-4,8H2,1-2H3.